The average Bonchev–Trinajstić information content (AvgIpc) is 3.23. The highest BCUT2D eigenvalue weighted by Crippen LogP contribution is 2.27. The number of amides is 3. The minimum Gasteiger partial charge on any atom is -0.481 e. The van der Waals surface area contributed by atoms with Crippen LogP contribution in [-0.2, 0) is 11.3 Å². The second-order valence-corrected chi connectivity index (χ2v) is 9.40. The van der Waals surface area contributed by atoms with Crippen molar-refractivity contribution in [1.82, 2.24) is 14.8 Å². The van der Waals surface area contributed by atoms with Crippen molar-refractivity contribution in [2.45, 2.75) is 19.5 Å². The number of piperazine rings is 1. The molecule has 2 aromatic carbocycles. The predicted octanol–water partition coefficient (Wildman–Crippen LogP) is 3.17. The molecular weight excluding hydrogens is 489 g/mol. The number of anilines is 2. The van der Waals surface area contributed by atoms with Gasteiger partial charge in [-0.25, -0.2) is 9.37 Å². The molecule has 9 nitrogen and oxygen atoms in total. The van der Waals surface area contributed by atoms with Crippen LogP contribution in [0.5, 0.6) is 5.88 Å². The Morgan fingerprint density at radius 2 is 1.95 bits per heavy atom. The molecule has 0 unspecified atom stereocenters. The van der Waals surface area contributed by atoms with E-state index < -0.39 is 11.7 Å². The lowest BCUT2D eigenvalue weighted by Crippen LogP contribution is -2.56. The van der Waals surface area contributed by atoms with E-state index in [1.807, 2.05) is 30.0 Å². The van der Waals surface area contributed by atoms with Crippen molar-refractivity contribution in [2.24, 2.45) is 0 Å². The lowest BCUT2D eigenvalue weighted by Gasteiger charge is -2.42. The van der Waals surface area contributed by atoms with Crippen molar-refractivity contribution in [3.05, 3.63) is 83.3 Å². The van der Waals surface area contributed by atoms with Gasteiger partial charge in [0.1, 0.15) is 12.4 Å². The third-order valence-electron chi connectivity index (χ3n) is 6.92. The molecule has 38 heavy (non-hydrogen) atoms. The summed E-state index contributed by atoms with van der Waals surface area (Å²) in [6.45, 7) is 3.68. The molecule has 0 bridgehead atoms. The number of pyridine rings is 1. The molecule has 1 N–H and O–H groups in total. The molecule has 3 heterocycles. The maximum Gasteiger partial charge on any atom is 0.257 e. The Balaban J connectivity index is 1.26. The summed E-state index contributed by atoms with van der Waals surface area (Å²) in [5, 5.41) is 2.78. The molecule has 1 fully saturated rings. The molecule has 0 spiro atoms. The van der Waals surface area contributed by atoms with Gasteiger partial charge in [-0.2, -0.15) is 0 Å². The van der Waals surface area contributed by atoms with Crippen molar-refractivity contribution in [2.75, 3.05) is 43.5 Å². The first-order valence-electron chi connectivity index (χ1n) is 12.4. The Morgan fingerprint density at radius 1 is 1.13 bits per heavy atom. The number of hydrogen-bond donors (Lipinski definition) is 1. The number of aromatic nitrogens is 1. The number of methoxy groups -OCH3 is 1. The number of carbonyl (C=O) groups excluding carboxylic acids is 3. The Labute approximate surface area is 219 Å². The second-order valence-electron chi connectivity index (χ2n) is 9.40. The second kappa shape index (κ2) is 10.5. The molecule has 0 aliphatic carbocycles. The number of halogens is 1. The monoisotopic (exact) mass is 517 g/mol. The van der Waals surface area contributed by atoms with E-state index >= 15 is 0 Å². The lowest BCUT2D eigenvalue weighted by molar-refractivity contribution is -0.134. The lowest BCUT2D eigenvalue weighted by atomic mass is 10.1. The van der Waals surface area contributed by atoms with Crippen LogP contribution in [0.2, 0.25) is 0 Å². The van der Waals surface area contributed by atoms with E-state index in [0.29, 0.717) is 49.0 Å². The minimum absolute atomic E-state index is 0.0114. The molecule has 1 saturated heterocycles. The fraction of sp³-hybridized carbons (Fsp3) is 0.286. The predicted molar refractivity (Wildman–Crippen MR) is 140 cm³/mol. The number of ether oxygens (including phenoxy) is 1. The molecule has 5 rings (SSSR count). The topological polar surface area (TPSA) is 95.1 Å². The Morgan fingerprint density at radius 3 is 2.71 bits per heavy atom. The molecule has 0 radical (unpaired) electrons. The third kappa shape index (κ3) is 5.02. The number of nitrogens with one attached hydrogen (secondary N) is 1. The van der Waals surface area contributed by atoms with Crippen LogP contribution in [0.25, 0.3) is 0 Å². The molecule has 1 atom stereocenters. The van der Waals surface area contributed by atoms with E-state index in [-0.39, 0.29) is 30.0 Å². The van der Waals surface area contributed by atoms with E-state index in [0.717, 1.165) is 5.56 Å². The molecule has 3 amide bonds. The van der Waals surface area contributed by atoms with Gasteiger partial charge in [0.25, 0.3) is 11.8 Å². The number of benzene rings is 2. The maximum atomic E-state index is 14.2. The zero-order valence-corrected chi connectivity index (χ0v) is 21.2. The van der Waals surface area contributed by atoms with Crippen LogP contribution in [0.4, 0.5) is 15.8 Å². The average molecular weight is 518 g/mol. The number of carbonyl (C=O) groups is 3. The standard InChI is InChI=1S/C28H28FN5O4/c1-18-15-32(11-12-34(18)26(35)17-33-16-19-5-3-4-6-22(19)28(33)37)24-8-7-20(29)13-23(24)27(36)31-21-9-10-30-25(14-21)38-2/h3-10,13-14,18H,11-12,15-17H2,1-2H3,(H,30,31,36)/t18-/m0/s1. The summed E-state index contributed by atoms with van der Waals surface area (Å²) in [6.07, 6.45) is 1.51. The summed E-state index contributed by atoms with van der Waals surface area (Å²) >= 11 is 0. The largest absolute Gasteiger partial charge is 0.481 e. The quantitative estimate of drug-likeness (QED) is 0.540. The van der Waals surface area contributed by atoms with Crippen molar-refractivity contribution in [3.63, 3.8) is 0 Å². The van der Waals surface area contributed by atoms with Crippen LogP contribution in [0.1, 0.15) is 33.2 Å². The third-order valence-corrected chi connectivity index (χ3v) is 6.92. The summed E-state index contributed by atoms with van der Waals surface area (Å²) < 4.78 is 19.3. The van der Waals surface area contributed by atoms with Crippen LogP contribution in [-0.4, -0.2) is 71.8 Å². The van der Waals surface area contributed by atoms with Gasteiger partial charge in [-0.05, 0) is 42.8 Å². The van der Waals surface area contributed by atoms with E-state index in [4.69, 9.17) is 4.74 Å². The highest BCUT2D eigenvalue weighted by atomic mass is 19.1. The minimum atomic E-state index is -0.524. The van der Waals surface area contributed by atoms with Gasteiger partial charge in [0, 0.05) is 61.4 Å². The van der Waals surface area contributed by atoms with Gasteiger partial charge in [-0.15, -0.1) is 0 Å². The van der Waals surface area contributed by atoms with Crippen molar-refractivity contribution in [1.29, 1.82) is 0 Å². The first kappa shape index (κ1) is 25.2. The summed E-state index contributed by atoms with van der Waals surface area (Å²) in [6, 6.07) is 14.5. The number of rotatable bonds is 6. The van der Waals surface area contributed by atoms with Crippen LogP contribution in [0.3, 0.4) is 0 Å². The van der Waals surface area contributed by atoms with Crippen molar-refractivity contribution < 1.29 is 23.5 Å². The van der Waals surface area contributed by atoms with Crippen LogP contribution < -0.4 is 15.0 Å². The summed E-state index contributed by atoms with van der Waals surface area (Å²) in [5.41, 5.74) is 2.81. The molecule has 2 aliphatic heterocycles. The zero-order chi connectivity index (χ0) is 26.8. The molecule has 3 aromatic rings. The Bertz CT molecular complexity index is 1400. The van der Waals surface area contributed by atoms with Crippen molar-refractivity contribution in [3.8, 4) is 5.88 Å². The van der Waals surface area contributed by atoms with Gasteiger partial charge in [0.15, 0.2) is 0 Å². The highest BCUT2D eigenvalue weighted by Gasteiger charge is 2.33. The van der Waals surface area contributed by atoms with Gasteiger partial charge in [0.05, 0.1) is 12.7 Å². The first-order valence-corrected chi connectivity index (χ1v) is 12.4. The first-order chi connectivity index (χ1) is 18.3. The number of fused-ring (bicyclic) bond motifs is 1. The molecule has 10 heteroatoms. The van der Waals surface area contributed by atoms with Gasteiger partial charge < -0.3 is 24.8 Å². The molecule has 196 valence electrons. The van der Waals surface area contributed by atoms with E-state index in [2.05, 4.69) is 10.3 Å². The summed E-state index contributed by atoms with van der Waals surface area (Å²) in [5.74, 6) is -0.900. The Hall–Kier alpha value is -4.47. The normalized spacial score (nSPS) is 16.9. The molecule has 1 aromatic heterocycles. The molecule has 0 saturated carbocycles. The molecular formula is C28H28FN5O4. The maximum absolute atomic E-state index is 14.2. The van der Waals surface area contributed by atoms with Crippen molar-refractivity contribution >= 4 is 29.1 Å². The zero-order valence-electron chi connectivity index (χ0n) is 21.2. The van der Waals surface area contributed by atoms with Crippen LogP contribution in [0.15, 0.2) is 60.8 Å². The van der Waals surface area contributed by atoms with Gasteiger partial charge in [-0.3, -0.25) is 14.4 Å². The Kier molecular flexibility index (Phi) is 6.95. The highest BCUT2D eigenvalue weighted by molar-refractivity contribution is 6.08. The summed E-state index contributed by atoms with van der Waals surface area (Å²) in [4.78, 5) is 48.3. The fourth-order valence-electron chi connectivity index (χ4n) is 5.01. The van der Waals surface area contributed by atoms with Crippen LogP contribution in [0, 0.1) is 5.82 Å². The van der Waals surface area contributed by atoms with Gasteiger partial charge in [-0.1, -0.05) is 18.2 Å². The number of hydrogen-bond acceptors (Lipinski definition) is 6. The van der Waals surface area contributed by atoms with Crippen LogP contribution >= 0.6 is 0 Å². The smallest absolute Gasteiger partial charge is 0.257 e. The van der Waals surface area contributed by atoms with E-state index in [1.165, 1.54) is 25.4 Å². The summed E-state index contributed by atoms with van der Waals surface area (Å²) in [7, 11) is 1.48. The van der Waals surface area contributed by atoms with E-state index in [1.54, 1.807) is 34.1 Å². The number of nitrogens with zero attached hydrogens (tertiary/aromatic N) is 4. The molecule has 2 aliphatic rings. The van der Waals surface area contributed by atoms with Gasteiger partial charge in [0.2, 0.25) is 11.8 Å². The van der Waals surface area contributed by atoms with Gasteiger partial charge >= 0.3 is 0 Å². The SMILES string of the molecule is COc1cc(NC(=O)c2cc(F)ccc2N2CCN(C(=O)CN3Cc4ccccc4C3=O)[C@@H](C)C2)ccn1. The van der Waals surface area contributed by atoms with E-state index in [9.17, 15) is 18.8 Å². The fourth-order valence-corrected chi connectivity index (χ4v) is 5.01.